The molecular weight excluding hydrogens is 449 g/mol. The van der Waals surface area contributed by atoms with Crippen LogP contribution in [0, 0.1) is 5.82 Å². The van der Waals surface area contributed by atoms with Crippen molar-refractivity contribution in [3.8, 4) is 0 Å². The highest BCUT2D eigenvalue weighted by atomic mass is 32.2. The Morgan fingerprint density at radius 3 is 2.69 bits per heavy atom. The lowest BCUT2D eigenvalue weighted by atomic mass is 10.2. The van der Waals surface area contributed by atoms with Gasteiger partial charge in [-0.05, 0) is 55.5 Å². The van der Waals surface area contributed by atoms with Crippen molar-refractivity contribution in [1.82, 2.24) is 13.9 Å². The number of rotatable bonds is 7. The quantitative estimate of drug-likeness (QED) is 0.473. The Bertz CT molecular complexity index is 1220. The summed E-state index contributed by atoms with van der Waals surface area (Å²) in [5.41, 5.74) is 2.13. The molecule has 2 aliphatic heterocycles. The molecular formula is C23H26FN3O3S2. The average Bonchev–Trinajstić information content (AvgIpc) is 3.55. The molecule has 32 heavy (non-hydrogen) atoms. The van der Waals surface area contributed by atoms with E-state index >= 15 is 0 Å². The number of thioether (sulfide) groups is 1. The van der Waals surface area contributed by atoms with Crippen LogP contribution in [-0.2, 0) is 27.1 Å². The number of imidazole rings is 1. The summed E-state index contributed by atoms with van der Waals surface area (Å²) in [6.45, 7) is 2.54. The first kappa shape index (κ1) is 21.9. The van der Waals surface area contributed by atoms with Crippen molar-refractivity contribution in [3.05, 3.63) is 53.8 Å². The highest BCUT2D eigenvalue weighted by molar-refractivity contribution is 7.98. The van der Waals surface area contributed by atoms with Crippen molar-refractivity contribution in [3.63, 3.8) is 0 Å². The largest absolute Gasteiger partial charge is 0.376 e. The van der Waals surface area contributed by atoms with Crippen LogP contribution in [-0.4, -0.2) is 48.1 Å². The Labute approximate surface area is 191 Å². The zero-order valence-corrected chi connectivity index (χ0v) is 19.4. The summed E-state index contributed by atoms with van der Waals surface area (Å²) >= 11 is 1.46. The van der Waals surface area contributed by atoms with Crippen LogP contribution in [0.3, 0.4) is 0 Å². The Balaban J connectivity index is 1.49. The van der Waals surface area contributed by atoms with E-state index in [-0.39, 0.29) is 16.8 Å². The molecule has 2 saturated heterocycles. The van der Waals surface area contributed by atoms with Crippen molar-refractivity contribution in [2.24, 2.45) is 0 Å². The summed E-state index contributed by atoms with van der Waals surface area (Å²) in [6.07, 6.45) is 3.92. The predicted octanol–water partition coefficient (Wildman–Crippen LogP) is 4.43. The molecule has 0 aliphatic carbocycles. The highest BCUT2D eigenvalue weighted by Gasteiger charge is 2.28. The maximum Gasteiger partial charge on any atom is 0.243 e. The molecule has 0 radical (unpaired) electrons. The predicted molar refractivity (Wildman–Crippen MR) is 123 cm³/mol. The second-order valence-electron chi connectivity index (χ2n) is 8.28. The molecule has 170 valence electrons. The molecule has 6 nitrogen and oxygen atoms in total. The van der Waals surface area contributed by atoms with Crippen LogP contribution >= 0.6 is 11.8 Å². The standard InChI is InChI=1S/C23H26FN3O3S2/c24-20-8-2-1-6-17(20)16-31-23-25-21-14-19(32(28,29)26-11-3-4-12-26)9-10-22(21)27(23)15-18-7-5-13-30-18/h1-2,6,8-10,14,18H,3-5,7,11-13,15-16H2/t18-/m1/s1. The SMILES string of the molecule is O=S(=O)(c1ccc2c(c1)nc(SCc1ccccc1F)n2C[C@H]1CCCO1)N1CCCC1. The smallest absolute Gasteiger partial charge is 0.243 e. The van der Waals surface area contributed by atoms with Crippen molar-refractivity contribution < 1.29 is 17.5 Å². The van der Waals surface area contributed by atoms with Gasteiger partial charge in [-0.25, -0.2) is 17.8 Å². The molecule has 0 bridgehead atoms. The number of hydrogen-bond donors (Lipinski definition) is 0. The van der Waals surface area contributed by atoms with Gasteiger partial charge < -0.3 is 9.30 Å². The minimum atomic E-state index is -3.51. The third-order valence-corrected chi connectivity index (χ3v) is 9.03. The number of benzene rings is 2. The first-order chi connectivity index (χ1) is 15.5. The summed E-state index contributed by atoms with van der Waals surface area (Å²) in [5.74, 6) is 0.210. The number of halogens is 1. The maximum absolute atomic E-state index is 14.1. The molecule has 1 aromatic heterocycles. The van der Waals surface area contributed by atoms with E-state index in [0.29, 0.717) is 36.5 Å². The molecule has 2 fully saturated rings. The van der Waals surface area contributed by atoms with Gasteiger partial charge in [-0.2, -0.15) is 4.31 Å². The van der Waals surface area contributed by atoms with E-state index in [9.17, 15) is 12.8 Å². The van der Waals surface area contributed by atoms with Crippen LogP contribution < -0.4 is 0 Å². The van der Waals surface area contributed by atoms with Gasteiger partial charge in [0, 0.05) is 25.4 Å². The van der Waals surface area contributed by atoms with Crippen LogP contribution in [0.5, 0.6) is 0 Å². The number of ether oxygens (including phenoxy) is 1. The Morgan fingerprint density at radius 2 is 1.94 bits per heavy atom. The summed E-state index contributed by atoms with van der Waals surface area (Å²) in [7, 11) is -3.51. The summed E-state index contributed by atoms with van der Waals surface area (Å²) in [5, 5.41) is 0.745. The Hall–Kier alpha value is -1.94. The zero-order chi connectivity index (χ0) is 22.1. The van der Waals surface area contributed by atoms with Crippen LogP contribution in [0.15, 0.2) is 52.5 Å². The van der Waals surface area contributed by atoms with E-state index in [0.717, 1.165) is 43.0 Å². The number of fused-ring (bicyclic) bond motifs is 1. The first-order valence-electron chi connectivity index (χ1n) is 11.0. The van der Waals surface area contributed by atoms with Crippen LogP contribution in [0.1, 0.15) is 31.2 Å². The van der Waals surface area contributed by atoms with Gasteiger partial charge in [-0.15, -0.1) is 0 Å². The molecule has 3 heterocycles. The molecule has 0 amide bonds. The summed E-state index contributed by atoms with van der Waals surface area (Å²) in [4.78, 5) is 5.04. The molecule has 3 aromatic rings. The molecule has 0 unspecified atom stereocenters. The number of nitrogens with zero attached hydrogens (tertiary/aromatic N) is 3. The summed E-state index contributed by atoms with van der Waals surface area (Å²) in [6, 6.07) is 11.9. The lowest BCUT2D eigenvalue weighted by Gasteiger charge is -2.16. The fraction of sp³-hybridized carbons (Fsp3) is 0.435. The van der Waals surface area contributed by atoms with E-state index in [1.54, 1.807) is 28.6 Å². The van der Waals surface area contributed by atoms with E-state index in [2.05, 4.69) is 4.57 Å². The average molecular weight is 476 g/mol. The summed E-state index contributed by atoms with van der Waals surface area (Å²) < 4.78 is 49.6. The number of aromatic nitrogens is 2. The molecule has 0 spiro atoms. The van der Waals surface area contributed by atoms with Gasteiger partial charge >= 0.3 is 0 Å². The van der Waals surface area contributed by atoms with Gasteiger partial charge in [0.25, 0.3) is 0 Å². The van der Waals surface area contributed by atoms with Crippen LogP contribution in [0.4, 0.5) is 4.39 Å². The van der Waals surface area contributed by atoms with Crippen molar-refractivity contribution >= 4 is 32.8 Å². The normalized spacial score (nSPS) is 19.8. The molecule has 5 rings (SSSR count). The molecule has 2 aromatic carbocycles. The van der Waals surface area contributed by atoms with E-state index in [4.69, 9.17) is 9.72 Å². The van der Waals surface area contributed by atoms with Crippen molar-refractivity contribution in [1.29, 1.82) is 0 Å². The number of hydrogen-bond acceptors (Lipinski definition) is 5. The van der Waals surface area contributed by atoms with Gasteiger partial charge in [0.1, 0.15) is 5.82 Å². The van der Waals surface area contributed by atoms with Gasteiger partial charge in [0.05, 0.1) is 28.6 Å². The van der Waals surface area contributed by atoms with Crippen LogP contribution in [0.2, 0.25) is 0 Å². The topological polar surface area (TPSA) is 64.4 Å². The number of sulfonamides is 1. The van der Waals surface area contributed by atoms with Gasteiger partial charge in [-0.1, -0.05) is 30.0 Å². The fourth-order valence-electron chi connectivity index (χ4n) is 4.36. The molecule has 2 aliphatic rings. The minimum absolute atomic E-state index is 0.105. The second kappa shape index (κ2) is 9.13. The lowest BCUT2D eigenvalue weighted by Crippen LogP contribution is -2.27. The lowest BCUT2D eigenvalue weighted by molar-refractivity contribution is 0.0960. The Kier molecular flexibility index (Phi) is 6.24. The van der Waals surface area contributed by atoms with Crippen LogP contribution in [0.25, 0.3) is 11.0 Å². The van der Waals surface area contributed by atoms with Gasteiger partial charge in [0.2, 0.25) is 10.0 Å². The van der Waals surface area contributed by atoms with E-state index < -0.39 is 10.0 Å². The first-order valence-corrected chi connectivity index (χ1v) is 13.4. The van der Waals surface area contributed by atoms with Gasteiger partial charge in [-0.3, -0.25) is 0 Å². The fourth-order valence-corrected chi connectivity index (χ4v) is 6.91. The zero-order valence-electron chi connectivity index (χ0n) is 17.7. The third-order valence-electron chi connectivity index (χ3n) is 6.11. The molecule has 9 heteroatoms. The molecule has 1 atom stereocenters. The van der Waals surface area contributed by atoms with E-state index in [1.807, 2.05) is 12.1 Å². The third kappa shape index (κ3) is 4.31. The van der Waals surface area contributed by atoms with E-state index in [1.165, 1.54) is 17.8 Å². The molecule has 0 N–H and O–H groups in total. The molecule has 0 saturated carbocycles. The monoisotopic (exact) mass is 475 g/mol. The van der Waals surface area contributed by atoms with Gasteiger partial charge in [0.15, 0.2) is 5.16 Å². The van der Waals surface area contributed by atoms with Crippen molar-refractivity contribution in [2.45, 2.75) is 54.1 Å². The maximum atomic E-state index is 14.1. The minimum Gasteiger partial charge on any atom is -0.376 e. The van der Waals surface area contributed by atoms with Crippen molar-refractivity contribution in [2.75, 3.05) is 19.7 Å². The second-order valence-corrected chi connectivity index (χ2v) is 11.2. The highest BCUT2D eigenvalue weighted by Crippen LogP contribution is 2.31. The Morgan fingerprint density at radius 1 is 1.12 bits per heavy atom.